The Labute approximate surface area is 182 Å². The highest BCUT2D eigenvalue weighted by Crippen LogP contribution is 2.20. The van der Waals surface area contributed by atoms with Crippen LogP contribution in [0.25, 0.3) is 0 Å². The third-order valence-corrected chi connectivity index (χ3v) is 5.21. The number of hydrogen-bond acceptors (Lipinski definition) is 7. The SMILES string of the molecule is COc1cccc(CNC(=O)Cc2cc(=O)[nH]c(SCc3ccc([N+](=O)[O-])cc3)n2)c1. The number of H-pyrrole nitrogens is 1. The fourth-order valence-corrected chi connectivity index (χ4v) is 3.57. The van der Waals surface area contributed by atoms with Crippen LogP contribution in [0.1, 0.15) is 16.8 Å². The minimum absolute atomic E-state index is 0.0160. The zero-order chi connectivity index (χ0) is 22.2. The number of aromatic nitrogens is 2. The number of thioether (sulfide) groups is 1. The first kappa shape index (κ1) is 22.0. The molecule has 0 unspecified atom stereocenters. The first-order valence-electron chi connectivity index (χ1n) is 9.29. The Hall–Kier alpha value is -3.66. The van der Waals surface area contributed by atoms with Gasteiger partial charge in [0.1, 0.15) is 5.75 Å². The van der Waals surface area contributed by atoms with Crippen LogP contribution in [-0.2, 0) is 23.5 Å². The highest BCUT2D eigenvalue weighted by atomic mass is 32.2. The third-order valence-electron chi connectivity index (χ3n) is 4.26. The smallest absolute Gasteiger partial charge is 0.269 e. The van der Waals surface area contributed by atoms with E-state index in [4.69, 9.17) is 4.74 Å². The first-order valence-corrected chi connectivity index (χ1v) is 10.3. The number of nitro groups is 1. The second-order valence-electron chi connectivity index (χ2n) is 6.56. The molecule has 10 heteroatoms. The maximum absolute atomic E-state index is 12.3. The van der Waals surface area contributed by atoms with Crippen molar-refractivity contribution in [3.05, 3.63) is 91.9 Å². The number of aromatic amines is 1. The van der Waals surface area contributed by atoms with Crippen LogP contribution in [0.4, 0.5) is 5.69 Å². The van der Waals surface area contributed by atoms with Gasteiger partial charge in [-0.3, -0.25) is 19.7 Å². The molecule has 9 nitrogen and oxygen atoms in total. The Morgan fingerprint density at radius 3 is 2.68 bits per heavy atom. The molecule has 0 aliphatic carbocycles. The molecular formula is C21H20N4O5S. The predicted octanol–water partition coefficient (Wildman–Crippen LogP) is 2.84. The monoisotopic (exact) mass is 440 g/mol. The number of amides is 1. The highest BCUT2D eigenvalue weighted by molar-refractivity contribution is 7.98. The molecule has 31 heavy (non-hydrogen) atoms. The average molecular weight is 440 g/mol. The standard InChI is InChI=1S/C21H20N4O5S/c1-30-18-4-2-3-15(9-18)12-22-19(26)10-16-11-20(27)24-21(23-16)31-13-14-5-7-17(8-6-14)25(28)29/h2-9,11H,10,12-13H2,1H3,(H,22,26)(H,23,24,27). The Balaban J connectivity index is 1.57. The molecule has 0 aliphatic rings. The third kappa shape index (κ3) is 6.68. The number of rotatable bonds is 9. The lowest BCUT2D eigenvalue weighted by molar-refractivity contribution is -0.384. The summed E-state index contributed by atoms with van der Waals surface area (Å²) >= 11 is 1.28. The molecule has 1 heterocycles. The average Bonchev–Trinajstić information content (AvgIpc) is 2.76. The van der Waals surface area contributed by atoms with Gasteiger partial charge in [-0.05, 0) is 23.3 Å². The van der Waals surface area contributed by atoms with Crippen LogP contribution in [0.5, 0.6) is 5.75 Å². The summed E-state index contributed by atoms with van der Waals surface area (Å²) in [5, 5.41) is 13.9. The Bertz CT molecular complexity index is 1130. The van der Waals surface area contributed by atoms with Crippen LogP contribution in [0.2, 0.25) is 0 Å². The van der Waals surface area contributed by atoms with Crippen molar-refractivity contribution in [2.24, 2.45) is 0 Å². The van der Waals surface area contributed by atoms with Gasteiger partial charge in [0.15, 0.2) is 5.16 Å². The number of benzene rings is 2. The van der Waals surface area contributed by atoms with Crippen LogP contribution < -0.4 is 15.6 Å². The largest absolute Gasteiger partial charge is 0.497 e. The van der Waals surface area contributed by atoms with E-state index < -0.39 is 4.92 Å². The number of hydrogen-bond donors (Lipinski definition) is 2. The summed E-state index contributed by atoms with van der Waals surface area (Å²) in [5.41, 5.74) is 1.77. The molecule has 0 spiro atoms. The van der Waals surface area contributed by atoms with E-state index in [0.717, 1.165) is 11.1 Å². The van der Waals surface area contributed by atoms with Gasteiger partial charge in [-0.2, -0.15) is 0 Å². The van der Waals surface area contributed by atoms with E-state index in [2.05, 4.69) is 15.3 Å². The van der Waals surface area contributed by atoms with Crippen LogP contribution in [0.3, 0.4) is 0 Å². The minimum Gasteiger partial charge on any atom is -0.497 e. The summed E-state index contributed by atoms with van der Waals surface area (Å²) in [6.07, 6.45) is -0.0288. The molecule has 160 valence electrons. The van der Waals surface area contributed by atoms with Gasteiger partial charge in [-0.15, -0.1) is 0 Å². The van der Waals surface area contributed by atoms with Gasteiger partial charge in [-0.25, -0.2) is 4.98 Å². The number of nitro benzene ring substituents is 1. The second-order valence-corrected chi connectivity index (χ2v) is 7.52. The normalized spacial score (nSPS) is 10.5. The Morgan fingerprint density at radius 2 is 1.97 bits per heavy atom. The number of nitrogens with one attached hydrogen (secondary N) is 2. The van der Waals surface area contributed by atoms with Gasteiger partial charge in [0.2, 0.25) is 5.91 Å². The molecular weight excluding hydrogens is 420 g/mol. The molecule has 2 N–H and O–H groups in total. The van der Waals surface area contributed by atoms with Gasteiger partial charge in [0, 0.05) is 30.5 Å². The molecule has 0 saturated heterocycles. The fourth-order valence-electron chi connectivity index (χ4n) is 2.72. The van der Waals surface area contributed by atoms with E-state index in [0.29, 0.717) is 28.9 Å². The van der Waals surface area contributed by atoms with Crippen molar-refractivity contribution in [1.29, 1.82) is 0 Å². The Kier molecular flexibility index (Phi) is 7.39. The number of ether oxygens (including phenoxy) is 1. The van der Waals surface area contributed by atoms with E-state index in [9.17, 15) is 19.7 Å². The van der Waals surface area contributed by atoms with Crippen molar-refractivity contribution in [3.8, 4) is 5.75 Å². The van der Waals surface area contributed by atoms with E-state index in [1.54, 1.807) is 19.2 Å². The molecule has 0 saturated carbocycles. The summed E-state index contributed by atoms with van der Waals surface area (Å²) in [5.74, 6) is 0.914. The van der Waals surface area contributed by atoms with E-state index in [1.807, 2.05) is 24.3 Å². The van der Waals surface area contributed by atoms with Crippen LogP contribution in [0.15, 0.2) is 64.5 Å². The molecule has 1 aromatic heterocycles. The molecule has 0 bridgehead atoms. The summed E-state index contributed by atoms with van der Waals surface area (Å²) in [6, 6.07) is 14.8. The first-order chi connectivity index (χ1) is 14.9. The van der Waals surface area contributed by atoms with E-state index >= 15 is 0 Å². The number of nitrogens with zero attached hydrogens (tertiary/aromatic N) is 2. The minimum atomic E-state index is -0.460. The second kappa shape index (κ2) is 10.4. The molecule has 3 rings (SSSR count). The number of carbonyl (C=O) groups excluding carboxylic acids is 1. The maximum Gasteiger partial charge on any atom is 0.269 e. The maximum atomic E-state index is 12.3. The van der Waals surface area contributed by atoms with Crippen molar-refractivity contribution >= 4 is 23.4 Å². The zero-order valence-corrected chi connectivity index (χ0v) is 17.5. The lowest BCUT2D eigenvalue weighted by Crippen LogP contribution is -2.25. The van der Waals surface area contributed by atoms with Crippen molar-refractivity contribution in [3.63, 3.8) is 0 Å². The van der Waals surface area contributed by atoms with Gasteiger partial charge in [0.25, 0.3) is 11.2 Å². The lowest BCUT2D eigenvalue weighted by Gasteiger charge is -2.07. The Morgan fingerprint density at radius 1 is 1.19 bits per heavy atom. The number of carbonyl (C=O) groups is 1. The van der Waals surface area contributed by atoms with Crippen molar-refractivity contribution in [2.45, 2.75) is 23.9 Å². The highest BCUT2D eigenvalue weighted by Gasteiger charge is 2.09. The van der Waals surface area contributed by atoms with Crippen molar-refractivity contribution < 1.29 is 14.5 Å². The topological polar surface area (TPSA) is 127 Å². The van der Waals surface area contributed by atoms with Gasteiger partial charge in [-0.1, -0.05) is 36.0 Å². The number of methoxy groups -OCH3 is 1. The summed E-state index contributed by atoms with van der Waals surface area (Å²) in [4.78, 5) is 41.4. The molecule has 0 aliphatic heterocycles. The van der Waals surface area contributed by atoms with Crippen LogP contribution in [0, 0.1) is 10.1 Å². The molecule has 2 aromatic carbocycles. The zero-order valence-electron chi connectivity index (χ0n) is 16.7. The van der Waals surface area contributed by atoms with Crippen molar-refractivity contribution in [2.75, 3.05) is 7.11 Å². The van der Waals surface area contributed by atoms with Crippen molar-refractivity contribution in [1.82, 2.24) is 15.3 Å². The summed E-state index contributed by atoms with van der Waals surface area (Å²) in [6.45, 7) is 0.334. The molecule has 0 fully saturated rings. The van der Waals surface area contributed by atoms with Crippen LogP contribution in [-0.4, -0.2) is 27.9 Å². The quantitative estimate of drug-likeness (QED) is 0.227. The molecule has 0 atom stereocenters. The van der Waals surface area contributed by atoms with Crippen LogP contribution >= 0.6 is 11.8 Å². The van der Waals surface area contributed by atoms with Gasteiger partial charge >= 0.3 is 0 Å². The number of non-ortho nitro benzene ring substituents is 1. The molecule has 1 amide bonds. The molecule has 3 aromatic rings. The lowest BCUT2D eigenvalue weighted by atomic mass is 10.2. The molecule has 0 radical (unpaired) electrons. The van der Waals surface area contributed by atoms with E-state index in [1.165, 1.54) is 30.0 Å². The fraction of sp³-hybridized carbons (Fsp3) is 0.190. The summed E-state index contributed by atoms with van der Waals surface area (Å²) in [7, 11) is 1.58. The van der Waals surface area contributed by atoms with Gasteiger partial charge in [0.05, 0.1) is 24.1 Å². The van der Waals surface area contributed by atoms with E-state index in [-0.39, 0.29) is 23.6 Å². The van der Waals surface area contributed by atoms with Gasteiger partial charge < -0.3 is 15.0 Å². The predicted molar refractivity (Wildman–Crippen MR) is 116 cm³/mol. The summed E-state index contributed by atoms with van der Waals surface area (Å²) < 4.78 is 5.16.